The molecule has 2 nitrogen and oxygen atoms in total. The quantitative estimate of drug-likeness (QED) is 0.522. The number of hydrogen-bond donors (Lipinski definition) is 1. The maximum atomic E-state index is 14.8. The van der Waals surface area contributed by atoms with E-state index in [-0.39, 0.29) is 5.78 Å². The van der Waals surface area contributed by atoms with Gasteiger partial charge in [-0.15, -0.1) is 11.8 Å². The van der Waals surface area contributed by atoms with Gasteiger partial charge in [0, 0.05) is 32.2 Å². The lowest BCUT2D eigenvalue weighted by molar-refractivity contribution is 0.103. The number of benzene rings is 3. The van der Waals surface area contributed by atoms with Crippen LogP contribution in [0.5, 0.6) is 0 Å². The SMILES string of the molecule is O=C1C2=C(Nc3ccccc3SC2c2c(F)cccc2Cl)c2ccccc21. The third-order valence-corrected chi connectivity index (χ3v) is 6.52. The number of rotatable bonds is 1. The van der Waals surface area contributed by atoms with Crippen molar-refractivity contribution in [1.82, 2.24) is 0 Å². The second-order valence-corrected chi connectivity index (χ2v) is 7.97. The summed E-state index contributed by atoms with van der Waals surface area (Å²) in [6.07, 6.45) is 0. The lowest BCUT2D eigenvalue weighted by Crippen LogP contribution is -2.09. The van der Waals surface area contributed by atoms with Crippen LogP contribution in [-0.2, 0) is 0 Å². The van der Waals surface area contributed by atoms with Crippen molar-refractivity contribution in [2.45, 2.75) is 10.1 Å². The van der Waals surface area contributed by atoms with Gasteiger partial charge in [0.05, 0.1) is 16.6 Å². The molecule has 1 atom stereocenters. The number of carbonyl (C=O) groups is 1. The molecule has 1 heterocycles. The van der Waals surface area contributed by atoms with E-state index < -0.39 is 11.1 Å². The molecule has 0 saturated heterocycles. The third-order valence-electron chi connectivity index (χ3n) is 4.87. The summed E-state index contributed by atoms with van der Waals surface area (Å²) in [7, 11) is 0. The summed E-state index contributed by atoms with van der Waals surface area (Å²) in [5.41, 5.74) is 3.99. The molecule has 1 aliphatic heterocycles. The molecule has 1 unspecified atom stereocenters. The molecule has 3 aromatic carbocycles. The zero-order chi connectivity index (χ0) is 18.5. The van der Waals surface area contributed by atoms with E-state index in [1.165, 1.54) is 17.8 Å². The van der Waals surface area contributed by atoms with Gasteiger partial charge in [-0.3, -0.25) is 4.79 Å². The Bertz CT molecular complexity index is 1120. The van der Waals surface area contributed by atoms with Crippen molar-refractivity contribution in [1.29, 1.82) is 0 Å². The van der Waals surface area contributed by atoms with E-state index in [0.29, 0.717) is 21.7 Å². The lowest BCUT2D eigenvalue weighted by atomic mass is 10.00. The molecule has 5 heteroatoms. The molecule has 0 fully saturated rings. The summed E-state index contributed by atoms with van der Waals surface area (Å²) >= 11 is 7.83. The topological polar surface area (TPSA) is 29.1 Å². The van der Waals surface area contributed by atoms with Crippen molar-refractivity contribution in [3.05, 3.63) is 99.8 Å². The number of fused-ring (bicyclic) bond motifs is 3. The molecule has 0 amide bonds. The number of nitrogens with one attached hydrogen (secondary N) is 1. The molecule has 5 rings (SSSR count). The van der Waals surface area contributed by atoms with Crippen molar-refractivity contribution in [2.24, 2.45) is 0 Å². The molecule has 0 saturated carbocycles. The molecule has 1 aliphatic carbocycles. The summed E-state index contributed by atoms with van der Waals surface area (Å²) in [5.74, 6) is -0.493. The van der Waals surface area contributed by atoms with Crippen molar-refractivity contribution in [3.63, 3.8) is 0 Å². The van der Waals surface area contributed by atoms with Gasteiger partial charge in [0.25, 0.3) is 0 Å². The van der Waals surface area contributed by atoms with Crippen molar-refractivity contribution in [2.75, 3.05) is 5.32 Å². The van der Waals surface area contributed by atoms with Gasteiger partial charge >= 0.3 is 0 Å². The maximum absolute atomic E-state index is 14.8. The molecular formula is C22H13ClFNOS. The minimum atomic E-state index is -0.537. The van der Waals surface area contributed by atoms with E-state index in [1.807, 2.05) is 48.5 Å². The Balaban J connectivity index is 1.80. The van der Waals surface area contributed by atoms with E-state index in [2.05, 4.69) is 5.32 Å². The predicted molar refractivity (Wildman–Crippen MR) is 108 cm³/mol. The van der Waals surface area contributed by atoms with E-state index in [9.17, 15) is 9.18 Å². The lowest BCUT2D eigenvalue weighted by Gasteiger charge is -2.19. The van der Waals surface area contributed by atoms with Crippen molar-refractivity contribution >= 4 is 40.5 Å². The van der Waals surface area contributed by atoms with Crippen LogP contribution >= 0.6 is 23.4 Å². The van der Waals surface area contributed by atoms with Gasteiger partial charge in [0.1, 0.15) is 5.82 Å². The monoisotopic (exact) mass is 393 g/mol. The minimum Gasteiger partial charge on any atom is -0.354 e. The van der Waals surface area contributed by atoms with Crippen LogP contribution in [0, 0.1) is 5.82 Å². The largest absolute Gasteiger partial charge is 0.354 e. The first-order valence-electron chi connectivity index (χ1n) is 8.50. The predicted octanol–water partition coefficient (Wildman–Crippen LogP) is 6.35. The summed E-state index contributed by atoms with van der Waals surface area (Å²) < 4.78 is 14.8. The average molecular weight is 394 g/mol. The molecule has 0 spiro atoms. The number of thioether (sulfide) groups is 1. The number of anilines is 1. The van der Waals surface area contributed by atoms with Gasteiger partial charge in [-0.1, -0.05) is 54.1 Å². The second-order valence-electron chi connectivity index (χ2n) is 6.42. The van der Waals surface area contributed by atoms with Gasteiger partial charge in [0.2, 0.25) is 0 Å². The molecule has 0 aromatic heterocycles. The van der Waals surface area contributed by atoms with Crippen LogP contribution in [0.4, 0.5) is 10.1 Å². The first-order chi connectivity index (χ1) is 13.1. The second kappa shape index (κ2) is 6.25. The fourth-order valence-corrected chi connectivity index (χ4v) is 5.34. The molecule has 0 bridgehead atoms. The molecule has 0 radical (unpaired) electrons. The Morgan fingerprint density at radius 2 is 1.67 bits per heavy atom. The van der Waals surface area contributed by atoms with Gasteiger partial charge in [-0.25, -0.2) is 4.39 Å². The van der Waals surface area contributed by atoms with E-state index in [1.54, 1.807) is 12.1 Å². The zero-order valence-corrected chi connectivity index (χ0v) is 15.6. The summed E-state index contributed by atoms with van der Waals surface area (Å²) in [6, 6.07) is 19.9. The number of halogens is 2. The summed E-state index contributed by atoms with van der Waals surface area (Å²) in [6.45, 7) is 0. The first-order valence-corrected chi connectivity index (χ1v) is 9.76. The number of Topliss-reactive ketones (excluding diaryl/α,β-unsaturated/α-hetero) is 1. The van der Waals surface area contributed by atoms with Crippen LogP contribution in [-0.4, -0.2) is 5.78 Å². The van der Waals surface area contributed by atoms with Crippen molar-refractivity contribution < 1.29 is 9.18 Å². The molecule has 1 N–H and O–H groups in total. The number of para-hydroxylation sites is 1. The maximum Gasteiger partial charge on any atom is 0.193 e. The number of hydrogen-bond acceptors (Lipinski definition) is 3. The highest BCUT2D eigenvalue weighted by molar-refractivity contribution is 8.00. The summed E-state index contributed by atoms with van der Waals surface area (Å²) in [4.78, 5) is 14.2. The Morgan fingerprint density at radius 1 is 0.926 bits per heavy atom. The highest BCUT2D eigenvalue weighted by Gasteiger charge is 2.39. The van der Waals surface area contributed by atoms with Gasteiger partial charge in [-0.2, -0.15) is 0 Å². The van der Waals surface area contributed by atoms with Gasteiger partial charge in [0.15, 0.2) is 5.78 Å². The molecule has 132 valence electrons. The average Bonchev–Trinajstić information content (AvgIpc) is 2.84. The highest BCUT2D eigenvalue weighted by atomic mass is 35.5. The minimum absolute atomic E-state index is 0.0854. The normalized spacial score (nSPS) is 17.7. The smallest absolute Gasteiger partial charge is 0.193 e. The van der Waals surface area contributed by atoms with E-state index >= 15 is 0 Å². The molecule has 27 heavy (non-hydrogen) atoms. The van der Waals surface area contributed by atoms with E-state index in [0.717, 1.165) is 21.8 Å². The fourth-order valence-electron chi connectivity index (χ4n) is 3.65. The van der Waals surface area contributed by atoms with Crippen LogP contribution in [0.15, 0.2) is 77.2 Å². The third kappa shape index (κ3) is 2.52. The highest BCUT2D eigenvalue weighted by Crippen LogP contribution is 2.53. The van der Waals surface area contributed by atoms with Crippen LogP contribution in [0.1, 0.15) is 26.7 Å². The van der Waals surface area contributed by atoms with Crippen molar-refractivity contribution in [3.8, 4) is 0 Å². The Morgan fingerprint density at radius 3 is 2.48 bits per heavy atom. The Labute approximate surface area is 165 Å². The Hall–Kier alpha value is -2.56. The van der Waals surface area contributed by atoms with Crippen LogP contribution in [0.25, 0.3) is 5.70 Å². The van der Waals surface area contributed by atoms with Crippen LogP contribution in [0.3, 0.4) is 0 Å². The fraction of sp³-hybridized carbons (Fsp3) is 0.0455. The van der Waals surface area contributed by atoms with Gasteiger partial charge < -0.3 is 5.32 Å². The Kier molecular flexibility index (Phi) is 3.85. The number of carbonyl (C=O) groups excluding carboxylic acids is 1. The number of ketones is 1. The zero-order valence-electron chi connectivity index (χ0n) is 14.0. The van der Waals surface area contributed by atoms with Gasteiger partial charge in [-0.05, 0) is 24.3 Å². The standard InChI is InChI=1S/C22H13ClFNOS/c23-14-8-5-9-15(24)18(14)22-19-20(12-6-1-2-7-13(12)21(19)26)25-16-10-3-4-11-17(16)27-22/h1-11,22,25H. The van der Waals surface area contributed by atoms with Crippen LogP contribution < -0.4 is 5.32 Å². The first kappa shape index (κ1) is 16.6. The molecule has 2 aliphatic rings. The summed E-state index contributed by atoms with van der Waals surface area (Å²) in [5, 5.41) is 3.20. The van der Waals surface area contributed by atoms with E-state index in [4.69, 9.17) is 11.6 Å². The molecule has 3 aromatic rings. The molecular weight excluding hydrogens is 381 g/mol. The van der Waals surface area contributed by atoms with Crippen LogP contribution in [0.2, 0.25) is 5.02 Å².